The van der Waals surface area contributed by atoms with Gasteiger partial charge in [-0.1, -0.05) is 15.9 Å². The van der Waals surface area contributed by atoms with E-state index in [1.165, 1.54) is 12.3 Å². The number of rotatable bonds is 2. The highest BCUT2D eigenvalue weighted by atomic mass is 79.9. The van der Waals surface area contributed by atoms with E-state index in [9.17, 15) is 9.18 Å². The number of halogens is 2. The normalized spacial score (nSPS) is 21.1. The lowest BCUT2D eigenvalue weighted by Crippen LogP contribution is -2.24. The summed E-state index contributed by atoms with van der Waals surface area (Å²) < 4.78 is 12.9. The van der Waals surface area contributed by atoms with E-state index in [0.717, 1.165) is 11.5 Å². The van der Waals surface area contributed by atoms with Crippen LogP contribution >= 0.6 is 15.9 Å². The predicted octanol–water partition coefficient (Wildman–Crippen LogP) is 1.97. The SMILES string of the molecule is O=C1CC(CBr)CN1c1cncc(F)c1. The Morgan fingerprint density at radius 3 is 3.00 bits per heavy atom. The molecule has 1 aromatic rings. The Kier molecular flexibility index (Phi) is 3.00. The van der Waals surface area contributed by atoms with Crippen LogP contribution in [-0.4, -0.2) is 22.8 Å². The number of alkyl halides is 1. The van der Waals surface area contributed by atoms with Gasteiger partial charge in [0.15, 0.2) is 0 Å². The van der Waals surface area contributed by atoms with Crippen molar-refractivity contribution in [3.05, 3.63) is 24.3 Å². The van der Waals surface area contributed by atoms with Gasteiger partial charge in [0.1, 0.15) is 5.82 Å². The average molecular weight is 273 g/mol. The smallest absolute Gasteiger partial charge is 0.227 e. The highest BCUT2D eigenvalue weighted by Crippen LogP contribution is 2.25. The van der Waals surface area contributed by atoms with Crippen LogP contribution in [0, 0.1) is 11.7 Å². The second-order valence-corrected chi connectivity index (χ2v) is 4.24. The molecule has 3 nitrogen and oxygen atoms in total. The highest BCUT2D eigenvalue weighted by molar-refractivity contribution is 9.09. The van der Waals surface area contributed by atoms with Crippen molar-refractivity contribution in [2.75, 3.05) is 16.8 Å². The summed E-state index contributed by atoms with van der Waals surface area (Å²) in [7, 11) is 0. The van der Waals surface area contributed by atoms with E-state index in [2.05, 4.69) is 20.9 Å². The first kappa shape index (κ1) is 10.5. The molecule has 0 saturated carbocycles. The Bertz CT molecular complexity index is 385. The van der Waals surface area contributed by atoms with Crippen LogP contribution in [0.4, 0.5) is 10.1 Å². The molecular formula is C10H10BrFN2O. The van der Waals surface area contributed by atoms with Gasteiger partial charge in [-0.3, -0.25) is 9.78 Å². The standard InChI is InChI=1S/C10H10BrFN2O/c11-3-7-1-10(15)14(6-7)9-2-8(12)4-13-5-9/h2,4-5,7H,1,3,6H2. The van der Waals surface area contributed by atoms with Crippen molar-refractivity contribution >= 4 is 27.5 Å². The minimum atomic E-state index is -0.414. The van der Waals surface area contributed by atoms with E-state index >= 15 is 0 Å². The zero-order valence-electron chi connectivity index (χ0n) is 7.99. The number of aromatic nitrogens is 1. The summed E-state index contributed by atoms with van der Waals surface area (Å²) in [6.07, 6.45) is 3.16. The van der Waals surface area contributed by atoms with Crippen LogP contribution in [0.1, 0.15) is 6.42 Å². The Labute approximate surface area is 95.4 Å². The summed E-state index contributed by atoms with van der Waals surface area (Å²) in [6, 6.07) is 1.33. The van der Waals surface area contributed by atoms with Crippen LogP contribution in [0.25, 0.3) is 0 Å². The molecule has 0 aliphatic carbocycles. The third-order valence-electron chi connectivity index (χ3n) is 2.43. The molecule has 0 aromatic carbocycles. The molecule has 15 heavy (non-hydrogen) atoms. The van der Waals surface area contributed by atoms with Crippen LogP contribution in [0.15, 0.2) is 18.5 Å². The first-order chi connectivity index (χ1) is 7.20. The molecule has 5 heteroatoms. The lowest BCUT2D eigenvalue weighted by Gasteiger charge is -2.15. The van der Waals surface area contributed by atoms with Crippen LogP contribution in [0.5, 0.6) is 0 Å². The molecule has 1 atom stereocenters. The minimum absolute atomic E-state index is 0.0341. The van der Waals surface area contributed by atoms with Crippen molar-refractivity contribution in [2.45, 2.75) is 6.42 Å². The number of hydrogen-bond acceptors (Lipinski definition) is 2. The molecule has 0 radical (unpaired) electrons. The third kappa shape index (κ3) is 2.17. The van der Waals surface area contributed by atoms with Gasteiger partial charge in [-0.25, -0.2) is 4.39 Å². The second-order valence-electron chi connectivity index (χ2n) is 3.59. The predicted molar refractivity (Wildman–Crippen MR) is 58.4 cm³/mol. The first-order valence-corrected chi connectivity index (χ1v) is 5.79. The van der Waals surface area contributed by atoms with Crippen molar-refractivity contribution in [1.82, 2.24) is 4.98 Å². The minimum Gasteiger partial charge on any atom is -0.310 e. The number of amides is 1. The van der Waals surface area contributed by atoms with E-state index in [1.807, 2.05) is 0 Å². The van der Waals surface area contributed by atoms with Gasteiger partial charge < -0.3 is 4.90 Å². The number of nitrogens with zero attached hydrogens (tertiary/aromatic N) is 2. The van der Waals surface area contributed by atoms with E-state index < -0.39 is 5.82 Å². The van der Waals surface area contributed by atoms with E-state index in [0.29, 0.717) is 24.6 Å². The van der Waals surface area contributed by atoms with Gasteiger partial charge in [-0.05, 0) is 5.92 Å². The first-order valence-electron chi connectivity index (χ1n) is 4.67. The maximum absolute atomic E-state index is 12.9. The van der Waals surface area contributed by atoms with Crippen LogP contribution in [-0.2, 0) is 4.79 Å². The number of carbonyl (C=O) groups is 1. The quantitative estimate of drug-likeness (QED) is 0.772. The summed E-state index contributed by atoms with van der Waals surface area (Å²) >= 11 is 3.35. The summed E-state index contributed by atoms with van der Waals surface area (Å²) in [4.78, 5) is 16.9. The molecule has 1 amide bonds. The van der Waals surface area contributed by atoms with Gasteiger partial charge in [0.25, 0.3) is 0 Å². The molecule has 1 aliphatic rings. The molecule has 0 bridgehead atoms. The van der Waals surface area contributed by atoms with Gasteiger partial charge in [0.2, 0.25) is 5.91 Å². The van der Waals surface area contributed by atoms with Gasteiger partial charge in [-0.2, -0.15) is 0 Å². The largest absolute Gasteiger partial charge is 0.310 e. The van der Waals surface area contributed by atoms with Crippen LogP contribution in [0.2, 0.25) is 0 Å². The van der Waals surface area contributed by atoms with Crippen molar-refractivity contribution in [3.8, 4) is 0 Å². The lowest BCUT2D eigenvalue weighted by atomic mass is 10.2. The molecule has 2 rings (SSSR count). The number of carbonyl (C=O) groups excluding carboxylic acids is 1. The summed E-state index contributed by atoms with van der Waals surface area (Å²) in [5.74, 6) is -0.0739. The zero-order valence-corrected chi connectivity index (χ0v) is 9.58. The molecule has 0 spiro atoms. The van der Waals surface area contributed by atoms with E-state index in [4.69, 9.17) is 0 Å². The third-order valence-corrected chi connectivity index (χ3v) is 3.34. The molecule has 1 aromatic heterocycles. The van der Waals surface area contributed by atoms with Gasteiger partial charge in [0.05, 0.1) is 18.1 Å². The number of pyridine rings is 1. The van der Waals surface area contributed by atoms with Crippen LogP contribution in [0.3, 0.4) is 0 Å². The van der Waals surface area contributed by atoms with E-state index in [1.54, 1.807) is 4.90 Å². The Morgan fingerprint density at radius 2 is 2.40 bits per heavy atom. The maximum atomic E-state index is 12.9. The Balaban J connectivity index is 2.21. The topological polar surface area (TPSA) is 33.2 Å². The van der Waals surface area contributed by atoms with Gasteiger partial charge >= 0.3 is 0 Å². The monoisotopic (exact) mass is 272 g/mol. The van der Waals surface area contributed by atoms with Crippen molar-refractivity contribution in [1.29, 1.82) is 0 Å². The van der Waals surface area contributed by atoms with Gasteiger partial charge in [-0.15, -0.1) is 0 Å². The zero-order chi connectivity index (χ0) is 10.8. The fourth-order valence-corrected chi connectivity index (χ4v) is 2.12. The number of hydrogen-bond donors (Lipinski definition) is 0. The molecule has 1 unspecified atom stereocenters. The average Bonchev–Trinajstić information content (AvgIpc) is 2.60. The lowest BCUT2D eigenvalue weighted by molar-refractivity contribution is -0.117. The maximum Gasteiger partial charge on any atom is 0.227 e. The van der Waals surface area contributed by atoms with Crippen molar-refractivity contribution in [3.63, 3.8) is 0 Å². The Morgan fingerprint density at radius 1 is 1.60 bits per heavy atom. The second kappa shape index (κ2) is 4.26. The molecule has 1 aliphatic heterocycles. The molecule has 0 N–H and O–H groups in total. The van der Waals surface area contributed by atoms with Crippen LogP contribution < -0.4 is 4.90 Å². The van der Waals surface area contributed by atoms with Crippen molar-refractivity contribution in [2.24, 2.45) is 5.92 Å². The highest BCUT2D eigenvalue weighted by Gasteiger charge is 2.29. The molecule has 80 valence electrons. The van der Waals surface area contributed by atoms with E-state index in [-0.39, 0.29) is 5.91 Å². The fourth-order valence-electron chi connectivity index (χ4n) is 1.68. The summed E-state index contributed by atoms with van der Waals surface area (Å²) in [5.41, 5.74) is 0.545. The summed E-state index contributed by atoms with van der Waals surface area (Å²) in [6.45, 7) is 0.634. The number of anilines is 1. The van der Waals surface area contributed by atoms with Crippen molar-refractivity contribution < 1.29 is 9.18 Å². The fraction of sp³-hybridized carbons (Fsp3) is 0.400. The molecule has 1 fully saturated rings. The molecule has 1 saturated heterocycles. The molecular weight excluding hydrogens is 263 g/mol. The Hall–Kier alpha value is -0.970. The molecule has 2 heterocycles. The summed E-state index contributed by atoms with van der Waals surface area (Å²) in [5, 5.41) is 0.790. The van der Waals surface area contributed by atoms with Gasteiger partial charge in [0, 0.05) is 24.4 Å².